The fraction of sp³-hybridized carbons (Fsp3) is 0.0952. The number of nitrogens with zero attached hydrogens (tertiary/aromatic N) is 2. The summed E-state index contributed by atoms with van der Waals surface area (Å²) in [6.07, 6.45) is 1.43. The molecule has 29 heavy (non-hydrogen) atoms. The number of hydrogen-bond acceptors (Lipinski definition) is 4. The van der Waals surface area contributed by atoms with Gasteiger partial charge in [-0.1, -0.05) is 29.8 Å². The van der Waals surface area contributed by atoms with Gasteiger partial charge in [-0.25, -0.2) is 4.98 Å². The number of halogens is 1. The molecule has 0 spiro atoms. The number of carbonyl (C=O) groups excluding carboxylic acids is 2. The molecule has 0 unspecified atom stereocenters. The van der Waals surface area contributed by atoms with Crippen molar-refractivity contribution in [3.63, 3.8) is 0 Å². The first-order chi connectivity index (χ1) is 14.1. The standard InChI is InChI=1S/C21H17ClN4O3/c22-14-5-3-6-15(11-14)24-20(27)13-26-17-8-2-1-7-16(17)25-19(26)12-23-21(28)18-9-4-10-29-18/h1-11H,12-13H2,(H,23,28)(H,24,27). The third-order valence-corrected chi connectivity index (χ3v) is 4.53. The Morgan fingerprint density at radius 1 is 1.07 bits per heavy atom. The van der Waals surface area contributed by atoms with Crippen LogP contribution in [-0.2, 0) is 17.9 Å². The Labute approximate surface area is 171 Å². The lowest BCUT2D eigenvalue weighted by Crippen LogP contribution is -2.26. The molecule has 0 fully saturated rings. The van der Waals surface area contributed by atoms with Crippen molar-refractivity contribution in [1.29, 1.82) is 0 Å². The normalized spacial score (nSPS) is 10.8. The molecule has 2 amide bonds. The van der Waals surface area contributed by atoms with Crippen LogP contribution >= 0.6 is 11.6 Å². The zero-order valence-electron chi connectivity index (χ0n) is 15.3. The number of nitrogens with one attached hydrogen (secondary N) is 2. The van der Waals surface area contributed by atoms with Crippen LogP contribution in [0.3, 0.4) is 0 Å². The number of amides is 2. The van der Waals surface area contributed by atoms with E-state index in [1.54, 1.807) is 41.0 Å². The zero-order valence-corrected chi connectivity index (χ0v) is 16.0. The third-order valence-electron chi connectivity index (χ3n) is 4.30. The molecule has 0 atom stereocenters. The Hall–Kier alpha value is -3.58. The number of carbonyl (C=O) groups is 2. The van der Waals surface area contributed by atoms with Crippen molar-refractivity contribution in [2.24, 2.45) is 0 Å². The molecule has 0 aliphatic rings. The molecule has 0 aliphatic heterocycles. The van der Waals surface area contributed by atoms with E-state index in [0.717, 1.165) is 11.0 Å². The Balaban J connectivity index is 1.54. The van der Waals surface area contributed by atoms with Crippen LogP contribution < -0.4 is 10.6 Å². The van der Waals surface area contributed by atoms with Gasteiger partial charge in [0.15, 0.2) is 5.76 Å². The van der Waals surface area contributed by atoms with Gasteiger partial charge in [-0.15, -0.1) is 0 Å². The summed E-state index contributed by atoms with van der Waals surface area (Å²) >= 11 is 5.97. The predicted molar refractivity (Wildman–Crippen MR) is 110 cm³/mol. The van der Waals surface area contributed by atoms with Crippen LogP contribution in [0.5, 0.6) is 0 Å². The van der Waals surface area contributed by atoms with E-state index in [4.69, 9.17) is 16.0 Å². The van der Waals surface area contributed by atoms with Gasteiger partial charge in [0, 0.05) is 10.7 Å². The van der Waals surface area contributed by atoms with E-state index in [9.17, 15) is 9.59 Å². The van der Waals surface area contributed by atoms with Crippen molar-refractivity contribution in [2.45, 2.75) is 13.1 Å². The second-order valence-electron chi connectivity index (χ2n) is 6.32. The smallest absolute Gasteiger partial charge is 0.287 e. The Morgan fingerprint density at radius 3 is 2.72 bits per heavy atom. The Kier molecular flexibility index (Phi) is 5.31. The van der Waals surface area contributed by atoms with Gasteiger partial charge in [-0.05, 0) is 42.5 Å². The Bertz CT molecular complexity index is 1170. The fourth-order valence-corrected chi connectivity index (χ4v) is 3.19. The van der Waals surface area contributed by atoms with Crippen LogP contribution in [-0.4, -0.2) is 21.4 Å². The van der Waals surface area contributed by atoms with E-state index in [2.05, 4.69) is 15.6 Å². The SMILES string of the molecule is O=C(Cn1c(CNC(=O)c2ccco2)nc2ccccc21)Nc1cccc(Cl)c1. The summed E-state index contributed by atoms with van der Waals surface area (Å²) < 4.78 is 6.87. The van der Waals surface area contributed by atoms with Crippen LogP contribution in [0.4, 0.5) is 5.69 Å². The molecule has 2 aromatic carbocycles. The topological polar surface area (TPSA) is 89.2 Å². The minimum absolute atomic E-state index is 0.0407. The lowest BCUT2D eigenvalue weighted by molar-refractivity contribution is -0.116. The predicted octanol–water partition coefficient (Wildman–Crippen LogP) is 3.85. The lowest BCUT2D eigenvalue weighted by atomic mass is 10.3. The molecule has 146 valence electrons. The molecule has 0 saturated carbocycles. The molecule has 4 aromatic rings. The largest absolute Gasteiger partial charge is 0.459 e. The number of anilines is 1. The van der Waals surface area contributed by atoms with Crippen molar-refractivity contribution in [2.75, 3.05) is 5.32 Å². The average Bonchev–Trinajstić information content (AvgIpc) is 3.35. The van der Waals surface area contributed by atoms with Crippen molar-refractivity contribution < 1.29 is 14.0 Å². The number of fused-ring (bicyclic) bond motifs is 1. The highest BCUT2D eigenvalue weighted by molar-refractivity contribution is 6.30. The summed E-state index contributed by atoms with van der Waals surface area (Å²) in [5.41, 5.74) is 2.15. The molecule has 0 bridgehead atoms. The summed E-state index contributed by atoms with van der Waals surface area (Å²) in [6.45, 7) is 0.192. The monoisotopic (exact) mass is 408 g/mol. The molecular weight excluding hydrogens is 392 g/mol. The molecule has 0 radical (unpaired) electrons. The number of hydrogen-bond donors (Lipinski definition) is 2. The fourth-order valence-electron chi connectivity index (χ4n) is 3.00. The van der Waals surface area contributed by atoms with E-state index >= 15 is 0 Å². The third kappa shape index (κ3) is 4.30. The summed E-state index contributed by atoms with van der Waals surface area (Å²) in [6, 6.07) is 17.7. The van der Waals surface area contributed by atoms with Crippen LogP contribution in [0.15, 0.2) is 71.3 Å². The maximum absolute atomic E-state index is 12.6. The second kappa shape index (κ2) is 8.20. The Morgan fingerprint density at radius 2 is 1.93 bits per heavy atom. The van der Waals surface area contributed by atoms with Gasteiger partial charge in [-0.3, -0.25) is 9.59 Å². The highest BCUT2D eigenvalue weighted by atomic mass is 35.5. The molecule has 2 aromatic heterocycles. The molecule has 0 saturated heterocycles. The van der Waals surface area contributed by atoms with E-state index in [0.29, 0.717) is 16.5 Å². The summed E-state index contributed by atoms with van der Waals surface area (Å²) in [4.78, 5) is 29.3. The zero-order chi connectivity index (χ0) is 20.2. The van der Waals surface area contributed by atoms with E-state index in [1.165, 1.54) is 6.26 Å². The van der Waals surface area contributed by atoms with E-state index < -0.39 is 0 Å². The first kappa shape index (κ1) is 18.8. The number of para-hydroxylation sites is 2. The number of rotatable bonds is 6. The molecule has 2 heterocycles. The quantitative estimate of drug-likeness (QED) is 0.507. The molecule has 4 rings (SSSR count). The lowest BCUT2D eigenvalue weighted by Gasteiger charge is -2.11. The molecular formula is C21H17ClN4O3. The van der Waals surface area contributed by atoms with Gasteiger partial charge < -0.3 is 19.6 Å². The summed E-state index contributed by atoms with van der Waals surface area (Å²) in [5.74, 6) is 0.199. The summed E-state index contributed by atoms with van der Waals surface area (Å²) in [5, 5.41) is 6.13. The van der Waals surface area contributed by atoms with Crippen molar-refractivity contribution >= 4 is 40.1 Å². The van der Waals surface area contributed by atoms with Crippen molar-refractivity contribution in [3.8, 4) is 0 Å². The van der Waals surface area contributed by atoms with Gasteiger partial charge in [0.2, 0.25) is 5.91 Å². The van der Waals surface area contributed by atoms with Crippen molar-refractivity contribution in [1.82, 2.24) is 14.9 Å². The van der Waals surface area contributed by atoms with Gasteiger partial charge >= 0.3 is 0 Å². The number of imidazole rings is 1. The first-order valence-electron chi connectivity index (χ1n) is 8.91. The second-order valence-corrected chi connectivity index (χ2v) is 6.76. The minimum atomic E-state index is -0.350. The number of benzene rings is 2. The first-order valence-corrected chi connectivity index (χ1v) is 9.29. The van der Waals surface area contributed by atoms with Crippen LogP contribution in [0, 0.1) is 0 Å². The molecule has 0 aliphatic carbocycles. The summed E-state index contributed by atoms with van der Waals surface area (Å²) in [7, 11) is 0. The van der Waals surface area contributed by atoms with E-state index in [-0.39, 0.29) is 30.7 Å². The molecule has 2 N–H and O–H groups in total. The van der Waals surface area contributed by atoms with Crippen molar-refractivity contribution in [3.05, 3.63) is 83.5 Å². The molecule has 8 heteroatoms. The van der Waals surface area contributed by atoms with Gasteiger partial charge in [0.25, 0.3) is 5.91 Å². The highest BCUT2D eigenvalue weighted by Crippen LogP contribution is 2.18. The average molecular weight is 409 g/mol. The van der Waals surface area contributed by atoms with Gasteiger partial charge in [0.05, 0.1) is 23.8 Å². The molecule has 7 nitrogen and oxygen atoms in total. The van der Waals surface area contributed by atoms with Crippen LogP contribution in [0.2, 0.25) is 5.02 Å². The highest BCUT2D eigenvalue weighted by Gasteiger charge is 2.16. The van der Waals surface area contributed by atoms with Crippen LogP contribution in [0.1, 0.15) is 16.4 Å². The number of aromatic nitrogens is 2. The minimum Gasteiger partial charge on any atom is -0.459 e. The van der Waals surface area contributed by atoms with Crippen LogP contribution in [0.25, 0.3) is 11.0 Å². The maximum atomic E-state index is 12.6. The maximum Gasteiger partial charge on any atom is 0.287 e. The van der Waals surface area contributed by atoms with Gasteiger partial charge in [-0.2, -0.15) is 0 Å². The van der Waals surface area contributed by atoms with E-state index in [1.807, 2.05) is 24.3 Å². The number of furan rings is 1. The van der Waals surface area contributed by atoms with Gasteiger partial charge in [0.1, 0.15) is 12.4 Å².